The zero-order valence-electron chi connectivity index (χ0n) is 14.6. The summed E-state index contributed by atoms with van der Waals surface area (Å²) >= 11 is 0. The average molecular weight is 352 g/mol. The first kappa shape index (κ1) is 17.5. The third-order valence-electron chi connectivity index (χ3n) is 3.77. The second-order valence-corrected chi connectivity index (χ2v) is 5.85. The lowest BCUT2D eigenvalue weighted by Gasteiger charge is -2.08. The van der Waals surface area contributed by atoms with Crippen LogP contribution in [0.3, 0.4) is 0 Å². The minimum absolute atomic E-state index is 0.0749. The number of amides is 2. The van der Waals surface area contributed by atoms with Gasteiger partial charge in [-0.2, -0.15) is 5.10 Å². The van der Waals surface area contributed by atoms with Crippen LogP contribution in [0.1, 0.15) is 23.0 Å². The standard InChI is InChI=1S/C19H20N4O3/c1-3-20-17(24)11-26-14-6-4-5-13(10-14)21-19(25)18-15-9-12(2)7-8-16(15)22-23-18/h4-10H,3,11H2,1-2H3,(H,20,24)(H,21,25)(H,22,23). The zero-order valence-corrected chi connectivity index (χ0v) is 14.6. The number of hydrogen-bond acceptors (Lipinski definition) is 4. The van der Waals surface area contributed by atoms with Gasteiger partial charge in [0.1, 0.15) is 5.75 Å². The van der Waals surface area contributed by atoms with Crippen molar-refractivity contribution in [2.45, 2.75) is 13.8 Å². The Hall–Kier alpha value is -3.35. The fourth-order valence-electron chi connectivity index (χ4n) is 2.55. The van der Waals surface area contributed by atoms with Gasteiger partial charge in [-0.3, -0.25) is 14.7 Å². The molecule has 3 rings (SSSR count). The molecule has 3 aromatic rings. The quantitative estimate of drug-likeness (QED) is 0.635. The maximum atomic E-state index is 12.6. The molecule has 2 aromatic carbocycles. The van der Waals surface area contributed by atoms with Gasteiger partial charge in [-0.25, -0.2) is 0 Å². The topological polar surface area (TPSA) is 96.1 Å². The molecular weight excluding hydrogens is 332 g/mol. The summed E-state index contributed by atoms with van der Waals surface area (Å²) in [6.45, 7) is 4.28. The molecule has 1 aromatic heterocycles. The Labute approximate surface area is 150 Å². The highest BCUT2D eigenvalue weighted by atomic mass is 16.5. The van der Waals surface area contributed by atoms with Crippen molar-refractivity contribution in [1.82, 2.24) is 15.5 Å². The molecule has 0 spiro atoms. The van der Waals surface area contributed by atoms with Gasteiger partial charge in [0.25, 0.3) is 11.8 Å². The smallest absolute Gasteiger partial charge is 0.276 e. The Morgan fingerprint density at radius 3 is 2.85 bits per heavy atom. The molecule has 0 unspecified atom stereocenters. The molecule has 0 atom stereocenters. The van der Waals surface area contributed by atoms with Gasteiger partial charge in [0.2, 0.25) is 0 Å². The predicted octanol–water partition coefficient (Wildman–Crippen LogP) is 2.64. The second-order valence-electron chi connectivity index (χ2n) is 5.85. The van der Waals surface area contributed by atoms with E-state index in [1.54, 1.807) is 24.3 Å². The van der Waals surface area contributed by atoms with Gasteiger partial charge >= 0.3 is 0 Å². The van der Waals surface area contributed by atoms with Crippen LogP contribution in [0.5, 0.6) is 5.75 Å². The first-order valence-corrected chi connectivity index (χ1v) is 8.32. The van der Waals surface area contributed by atoms with Crippen LogP contribution >= 0.6 is 0 Å². The van der Waals surface area contributed by atoms with Gasteiger partial charge in [0.15, 0.2) is 12.3 Å². The highest BCUT2D eigenvalue weighted by molar-refractivity contribution is 6.11. The number of carbonyl (C=O) groups excluding carboxylic acids is 2. The number of aryl methyl sites for hydroxylation is 1. The largest absolute Gasteiger partial charge is 0.484 e. The summed E-state index contributed by atoms with van der Waals surface area (Å²) in [5, 5.41) is 13.2. The lowest BCUT2D eigenvalue weighted by atomic mass is 10.1. The summed E-state index contributed by atoms with van der Waals surface area (Å²) in [6, 6.07) is 12.6. The molecule has 0 aliphatic heterocycles. The Kier molecular flexibility index (Phi) is 5.17. The fraction of sp³-hybridized carbons (Fsp3) is 0.211. The van der Waals surface area contributed by atoms with Crippen molar-refractivity contribution in [3.05, 3.63) is 53.7 Å². The van der Waals surface area contributed by atoms with Gasteiger partial charge in [0.05, 0.1) is 5.52 Å². The normalized spacial score (nSPS) is 10.5. The molecule has 0 saturated carbocycles. The first-order valence-electron chi connectivity index (χ1n) is 8.32. The molecule has 0 aliphatic rings. The van der Waals surface area contributed by atoms with Gasteiger partial charge in [-0.1, -0.05) is 17.7 Å². The first-order chi connectivity index (χ1) is 12.6. The van der Waals surface area contributed by atoms with Crippen LogP contribution in [-0.2, 0) is 4.79 Å². The monoisotopic (exact) mass is 352 g/mol. The SMILES string of the molecule is CCNC(=O)COc1cccc(NC(=O)c2n[nH]c3ccc(C)cc23)c1. The second kappa shape index (κ2) is 7.69. The number of carbonyl (C=O) groups is 2. The van der Waals surface area contributed by atoms with E-state index < -0.39 is 0 Å². The molecule has 0 bridgehead atoms. The number of aromatic nitrogens is 2. The number of nitrogens with one attached hydrogen (secondary N) is 3. The molecule has 0 saturated heterocycles. The van der Waals surface area contributed by atoms with Crippen molar-refractivity contribution in [2.75, 3.05) is 18.5 Å². The highest BCUT2D eigenvalue weighted by Crippen LogP contribution is 2.21. The van der Waals surface area contributed by atoms with Gasteiger partial charge in [0, 0.05) is 23.7 Å². The van der Waals surface area contributed by atoms with Crippen LogP contribution in [0.15, 0.2) is 42.5 Å². The predicted molar refractivity (Wildman–Crippen MR) is 99.4 cm³/mol. The average Bonchev–Trinajstić information content (AvgIpc) is 3.03. The summed E-state index contributed by atoms with van der Waals surface area (Å²) in [7, 11) is 0. The Morgan fingerprint density at radius 1 is 1.19 bits per heavy atom. The van der Waals surface area contributed by atoms with Crippen molar-refractivity contribution >= 4 is 28.4 Å². The zero-order chi connectivity index (χ0) is 18.5. The molecule has 26 heavy (non-hydrogen) atoms. The maximum absolute atomic E-state index is 12.6. The molecule has 0 radical (unpaired) electrons. The molecule has 0 fully saturated rings. The van der Waals surface area contributed by atoms with Crippen LogP contribution in [-0.4, -0.2) is 35.2 Å². The van der Waals surface area contributed by atoms with Crippen molar-refractivity contribution in [2.24, 2.45) is 0 Å². The molecule has 2 amide bonds. The molecule has 7 nitrogen and oxygen atoms in total. The van der Waals surface area contributed by atoms with Crippen LogP contribution in [0.4, 0.5) is 5.69 Å². The van der Waals surface area contributed by atoms with Crippen LogP contribution < -0.4 is 15.4 Å². The van der Waals surface area contributed by atoms with E-state index in [2.05, 4.69) is 20.8 Å². The summed E-state index contributed by atoms with van der Waals surface area (Å²) in [6.07, 6.45) is 0. The van der Waals surface area contributed by atoms with Gasteiger partial charge in [-0.15, -0.1) is 0 Å². The number of ether oxygens (including phenoxy) is 1. The van der Waals surface area contributed by atoms with Crippen LogP contribution in [0.25, 0.3) is 10.9 Å². The van der Waals surface area contributed by atoms with E-state index >= 15 is 0 Å². The number of likely N-dealkylation sites (N-methyl/N-ethyl adjacent to an activating group) is 1. The summed E-state index contributed by atoms with van der Waals surface area (Å²) in [5.74, 6) is -0.0141. The van der Waals surface area contributed by atoms with E-state index in [4.69, 9.17) is 4.74 Å². The third kappa shape index (κ3) is 4.00. The summed E-state index contributed by atoms with van der Waals surface area (Å²) < 4.78 is 5.43. The van der Waals surface area contributed by atoms with E-state index in [0.29, 0.717) is 23.7 Å². The van der Waals surface area contributed by atoms with Crippen molar-refractivity contribution in [1.29, 1.82) is 0 Å². The van der Waals surface area contributed by atoms with E-state index in [9.17, 15) is 9.59 Å². The number of nitrogens with zero attached hydrogens (tertiary/aromatic N) is 1. The van der Waals surface area contributed by atoms with Gasteiger partial charge in [-0.05, 0) is 38.1 Å². The molecule has 134 valence electrons. The number of rotatable bonds is 6. The number of aromatic amines is 1. The van der Waals surface area contributed by atoms with Crippen molar-refractivity contribution in [3.8, 4) is 5.75 Å². The van der Waals surface area contributed by atoms with Crippen molar-refractivity contribution in [3.63, 3.8) is 0 Å². The number of fused-ring (bicyclic) bond motifs is 1. The number of anilines is 1. The minimum Gasteiger partial charge on any atom is -0.484 e. The summed E-state index contributed by atoms with van der Waals surface area (Å²) in [4.78, 5) is 24.0. The minimum atomic E-state index is -0.317. The van der Waals surface area contributed by atoms with Crippen LogP contribution in [0.2, 0.25) is 0 Å². The number of hydrogen-bond donors (Lipinski definition) is 3. The fourth-order valence-corrected chi connectivity index (χ4v) is 2.55. The number of benzene rings is 2. The van der Waals surface area contributed by atoms with E-state index in [0.717, 1.165) is 16.5 Å². The summed E-state index contributed by atoms with van der Waals surface area (Å²) in [5.41, 5.74) is 2.75. The number of H-pyrrole nitrogens is 1. The third-order valence-corrected chi connectivity index (χ3v) is 3.77. The molecular formula is C19H20N4O3. The van der Waals surface area contributed by atoms with E-state index in [1.807, 2.05) is 32.0 Å². The van der Waals surface area contributed by atoms with E-state index in [1.165, 1.54) is 0 Å². The van der Waals surface area contributed by atoms with E-state index in [-0.39, 0.29) is 18.4 Å². The molecule has 1 heterocycles. The lowest BCUT2D eigenvalue weighted by molar-refractivity contribution is -0.122. The van der Waals surface area contributed by atoms with Crippen LogP contribution in [0, 0.1) is 6.92 Å². The Balaban J connectivity index is 1.72. The van der Waals surface area contributed by atoms with Crippen molar-refractivity contribution < 1.29 is 14.3 Å². The maximum Gasteiger partial charge on any atom is 0.276 e. The lowest BCUT2D eigenvalue weighted by Crippen LogP contribution is -2.28. The molecule has 3 N–H and O–H groups in total. The highest BCUT2D eigenvalue weighted by Gasteiger charge is 2.14. The Bertz CT molecular complexity index is 949. The van der Waals surface area contributed by atoms with Gasteiger partial charge < -0.3 is 15.4 Å². The Morgan fingerprint density at radius 2 is 2.04 bits per heavy atom. The molecule has 0 aliphatic carbocycles. The molecule has 7 heteroatoms.